The average Bonchev–Trinajstić information content (AvgIpc) is 2.27. The molecule has 0 bridgehead atoms. The largest absolute Gasteiger partial charge is 0.215 e. The molecular weight excluding hydrogens is 234 g/mol. The fourth-order valence-corrected chi connectivity index (χ4v) is 3.62. The van der Waals surface area contributed by atoms with Crippen LogP contribution in [-0.2, 0) is 10.0 Å². The van der Waals surface area contributed by atoms with Crippen LogP contribution in [0.15, 0.2) is 0 Å². The van der Waals surface area contributed by atoms with E-state index in [0.717, 1.165) is 25.7 Å². The fourth-order valence-electron chi connectivity index (χ4n) is 1.81. The van der Waals surface area contributed by atoms with Gasteiger partial charge < -0.3 is 0 Å². The SMILES string of the molecule is CC(CCl)CNS(=O)(=O)C1CCCCC1. The van der Waals surface area contributed by atoms with Gasteiger partial charge in [-0.3, -0.25) is 0 Å². The first-order valence-electron chi connectivity index (χ1n) is 5.60. The number of nitrogens with one attached hydrogen (secondary N) is 1. The molecule has 0 heterocycles. The van der Waals surface area contributed by atoms with Gasteiger partial charge in [0.25, 0.3) is 0 Å². The zero-order valence-electron chi connectivity index (χ0n) is 9.21. The lowest BCUT2D eigenvalue weighted by atomic mass is 10.0. The summed E-state index contributed by atoms with van der Waals surface area (Å²) in [6.45, 7) is 2.40. The molecule has 1 rings (SSSR count). The standard InChI is InChI=1S/C10H20ClNO2S/c1-9(7-11)8-12-15(13,14)10-5-3-2-4-6-10/h9-10,12H,2-8H2,1H3. The Balaban J connectivity index is 2.43. The molecule has 0 spiro atoms. The Morgan fingerprint density at radius 1 is 1.33 bits per heavy atom. The van der Waals surface area contributed by atoms with Crippen molar-refractivity contribution in [3.05, 3.63) is 0 Å². The molecule has 0 aromatic rings. The van der Waals surface area contributed by atoms with E-state index in [1.54, 1.807) is 0 Å². The molecule has 0 aromatic carbocycles. The minimum absolute atomic E-state index is 0.172. The van der Waals surface area contributed by atoms with Crippen molar-refractivity contribution in [3.8, 4) is 0 Å². The van der Waals surface area contributed by atoms with Crippen LogP contribution in [0.25, 0.3) is 0 Å². The summed E-state index contributed by atoms with van der Waals surface area (Å²) in [5, 5.41) is -0.172. The molecule has 0 aliphatic heterocycles. The maximum Gasteiger partial charge on any atom is 0.214 e. The first-order chi connectivity index (χ1) is 7.06. The van der Waals surface area contributed by atoms with Gasteiger partial charge in [0.1, 0.15) is 0 Å². The summed E-state index contributed by atoms with van der Waals surface area (Å²) in [7, 11) is -3.10. The normalized spacial score (nSPS) is 21.5. The lowest BCUT2D eigenvalue weighted by molar-refractivity contribution is 0.474. The third-order valence-electron chi connectivity index (χ3n) is 2.89. The Hall–Kier alpha value is 0.200. The molecule has 1 fully saturated rings. The second-order valence-corrected chi connectivity index (χ2v) is 6.77. The number of alkyl halides is 1. The van der Waals surface area contributed by atoms with Crippen molar-refractivity contribution in [2.45, 2.75) is 44.3 Å². The summed E-state index contributed by atoms with van der Waals surface area (Å²) in [6, 6.07) is 0. The molecule has 1 atom stereocenters. The van der Waals surface area contributed by atoms with Crippen molar-refractivity contribution in [3.63, 3.8) is 0 Å². The molecule has 5 heteroatoms. The molecule has 1 aliphatic carbocycles. The molecule has 0 aromatic heterocycles. The van der Waals surface area contributed by atoms with Crippen molar-refractivity contribution in [2.24, 2.45) is 5.92 Å². The summed E-state index contributed by atoms with van der Waals surface area (Å²) in [5.41, 5.74) is 0. The van der Waals surface area contributed by atoms with E-state index in [0.29, 0.717) is 12.4 Å². The summed E-state index contributed by atoms with van der Waals surface area (Å²) in [5.74, 6) is 0.692. The summed E-state index contributed by atoms with van der Waals surface area (Å²) in [4.78, 5) is 0. The quantitative estimate of drug-likeness (QED) is 0.763. The summed E-state index contributed by atoms with van der Waals surface area (Å²) < 4.78 is 26.4. The van der Waals surface area contributed by atoms with Crippen LogP contribution in [0, 0.1) is 5.92 Å². The van der Waals surface area contributed by atoms with Gasteiger partial charge >= 0.3 is 0 Å². The maximum absolute atomic E-state index is 11.9. The second kappa shape index (κ2) is 6.06. The smallest absolute Gasteiger partial charge is 0.214 e. The third-order valence-corrected chi connectivity index (χ3v) is 5.33. The van der Waals surface area contributed by atoms with Crippen LogP contribution in [0.1, 0.15) is 39.0 Å². The predicted octanol–water partition coefficient (Wildman–Crippen LogP) is 2.11. The lowest BCUT2D eigenvalue weighted by Gasteiger charge is -2.22. The molecule has 0 amide bonds. The minimum Gasteiger partial charge on any atom is -0.215 e. The Bertz CT molecular complexity index is 273. The number of halogens is 1. The number of sulfonamides is 1. The Labute approximate surface area is 97.6 Å². The van der Waals surface area contributed by atoms with Crippen LogP contribution >= 0.6 is 11.6 Å². The van der Waals surface area contributed by atoms with E-state index in [9.17, 15) is 8.42 Å². The first-order valence-corrected chi connectivity index (χ1v) is 7.69. The predicted molar refractivity (Wildman–Crippen MR) is 63.7 cm³/mol. The van der Waals surface area contributed by atoms with Crippen LogP contribution in [0.5, 0.6) is 0 Å². The highest BCUT2D eigenvalue weighted by molar-refractivity contribution is 7.90. The summed E-state index contributed by atoms with van der Waals surface area (Å²) in [6.07, 6.45) is 4.87. The molecule has 1 saturated carbocycles. The number of rotatable bonds is 5. The Morgan fingerprint density at radius 2 is 1.93 bits per heavy atom. The average molecular weight is 254 g/mol. The monoisotopic (exact) mass is 253 g/mol. The highest BCUT2D eigenvalue weighted by atomic mass is 35.5. The molecule has 1 aliphatic rings. The molecule has 1 N–H and O–H groups in total. The van der Waals surface area contributed by atoms with Gasteiger partial charge in [-0.1, -0.05) is 26.2 Å². The van der Waals surface area contributed by atoms with Crippen LogP contribution in [0.3, 0.4) is 0 Å². The summed E-state index contributed by atoms with van der Waals surface area (Å²) >= 11 is 5.63. The van der Waals surface area contributed by atoms with Gasteiger partial charge in [0.05, 0.1) is 5.25 Å². The van der Waals surface area contributed by atoms with E-state index >= 15 is 0 Å². The van der Waals surface area contributed by atoms with Gasteiger partial charge in [-0.15, -0.1) is 11.6 Å². The molecule has 1 unspecified atom stereocenters. The maximum atomic E-state index is 11.9. The van der Waals surface area contributed by atoms with Gasteiger partial charge in [0.15, 0.2) is 0 Å². The second-order valence-electron chi connectivity index (χ2n) is 4.41. The number of hydrogen-bond acceptors (Lipinski definition) is 2. The van der Waals surface area contributed by atoms with Crippen molar-refractivity contribution in [1.29, 1.82) is 0 Å². The molecule has 3 nitrogen and oxygen atoms in total. The molecule has 15 heavy (non-hydrogen) atoms. The van der Waals surface area contributed by atoms with E-state index in [-0.39, 0.29) is 11.2 Å². The van der Waals surface area contributed by atoms with E-state index in [1.807, 2.05) is 6.92 Å². The zero-order chi connectivity index (χ0) is 11.3. The molecular formula is C10H20ClNO2S. The van der Waals surface area contributed by atoms with Crippen LogP contribution in [-0.4, -0.2) is 26.1 Å². The van der Waals surface area contributed by atoms with E-state index in [2.05, 4.69) is 4.72 Å². The highest BCUT2D eigenvalue weighted by Gasteiger charge is 2.26. The third kappa shape index (κ3) is 4.29. The van der Waals surface area contributed by atoms with Gasteiger partial charge in [-0.05, 0) is 18.8 Å². The van der Waals surface area contributed by atoms with Crippen molar-refractivity contribution >= 4 is 21.6 Å². The van der Waals surface area contributed by atoms with Crippen LogP contribution in [0.4, 0.5) is 0 Å². The number of hydrogen-bond donors (Lipinski definition) is 1. The van der Waals surface area contributed by atoms with Gasteiger partial charge in [-0.2, -0.15) is 0 Å². The minimum atomic E-state index is -3.10. The van der Waals surface area contributed by atoms with E-state index in [1.165, 1.54) is 6.42 Å². The van der Waals surface area contributed by atoms with E-state index in [4.69, 9.17) is 11.6 Å². The fraction of sp³-hybridized carbons (Fsp3) is 1.00. The van der Waals surface area contributed by atoms with Gasteiger partial charge in [0.2, 0.25) is 10.0 Å². The topological polar surface area (TPSA) is 46.2 Å². The van der Waals surface area contributed by atoms with Crippen LogP contribution < -0.4 is 4.72 Å². The highest BCUT2D eigenvalue weighted by Crippen LogP contribution is 2.23. The van der Waals surface area contributed by atoms with Crippen molar-refractivity contribution in [2.75, 3.05) is 12.4 Å². The van der Waals surface area contributed by atoms with Crippen molar-refractivity contribution < 1.29 is 8.42 Å². The Kier molecular flexibility index (Phi) is 5.36. The lowest BCUT2D eigenvalue weighted by Crippen LogP contribution is -2.38. The zero-order valence-corrected chi connectivity index (χ0v) is 10.8. The van der Waals surface area contributed by atoms with Crippen molar-refractivity contribution in [1.82, 2.24) is 4.72 Å². The van der Waals surface area contributed by atoms with Gasteiger partial charge in [-0.25, -0.2) is 13.1 Å². The van der Waals surface area contributed by atoms with E-state index < -0.39 is 10.0 Å². The molecule has 0 radical (unpaired) electrons. The Morgan fingerprint density at radius 3 is 2.47 bits per heavy atom. The molecule has 0 saturated heterocycles. The molecule has 90 valence electrons. The van der Waals surface area contributed by atoms with Crippen LogP contribution in [0.2, 0.25) is 0 Å². The first kappa shape index (κ1) is 13.3. The van der Waals surface area contributed by atoms with Gasteiger partial charge in [0, 0.05) is 12.4 Å².